The minimum Gasteiger partial charge on any atom is -0.481 e. The highest BCUT2D eigenvalue weighted by atomic mass is 32.2. The van der Waals surface area contributed by atoms with Crippen LogP contribution in [0.2, 0.25) is 0 Å². The van der Waals surface area contributed by atoms with Gasteiger partial charge in [0.15, 0.2) is 14.6 Å². The smallest absolute Gasteiger partial charge is 0.308 e. The van der Waals surface area contributed by atoms with Crippen molar-refractivity contribution in [1.82, 2.24) is 4.90 Å². The Bertz CT molecular complexity index is 855. The van der Waals surface area contributed by atoms with Crippen LogP contribution in [0.15, 0.2) is 23.1 Å². The monoisotopic (exact) mass is 393 g/mol. The molecule has 2 aliphatic rings. The molecular formula is C20H27NO5S. The average Bonchev–Trinajstić information content (AvgIpc) is 3.14. The minimum absolute atomic E-state index is 0.0955. The lowest BCUT2D eigenvalue weighted by molar-refractivity contribution is -0.146. The Kier molecular flexibility index (Phi) is 5.34. The van der Waals surface area contributed by atoms with Gasteiger partial charge in [-0.25, -0.2) is 8.42 Å². The van der Waals surface area contributed by atoms with Gasteiger partial charge in [0.1, 0.15) is 0 Å². The van der Waals surface area contributed by atoms with Crippen molar-refractivity contribution in [2.45, 2.75) is 62.0 Å². The lowest BCUT2D eigenvalue weighted by Crippen LogP contribution is -2.55. The van der Waals surface area contributed by atoms with Gasteiger partial charge in [-0.1, -0.05) is 25.0 Å². The fourth-order valence-corrected chi connectivity index (χ4v) is 6.84. The fourth-order valence-electron chi connectivity index (χ4n) is 4.40. The predicted molar refractivity (Wildman–Crippen MR) is 101 cm³/mol. The van der Waals surface area contributed by atoms with Crippen LogP contribution >= 0.6 is 0 Å². The second-order valence-electron chi connectivity index (χ2n) is 7.90. The van der Waals surface area contributed by atoms with E-state index in [2.05, 4.69) is 0 Å². The Morgan fingerprint density at radius 3 is 2.44 bits per heavy atom. The lowest BCUT2D eigenvalue weighted by Gasteiger charge is -2.38. The summed E-state index contributed by atoms with van der Waals surface area (Å²) < 4.78 is 25.9. The predicted octanol–water partition coefficient (Wildman–Crippen LogP) is 2.71. The molecule has 6 nitrogen and oxygen atoms in total. The fraction of sp³-hybridized carbons (Fsp3) is 0.600. The quantitative estimate of drug-likeness (QED) is 0.849. The SMILES string of the molecule is Cc1ccc(C)c(S(=O)(=O)C2(C(=O)N3CCC[C@H](C(=O)O)C3)CCCC2)c1. The summed E-state index contributed by atoms with van der Waals surface area (Å²) in [6.45, 7) is 4.11. The molecule has 1 amide bonds. The number of carboxylic acids is 1. The van der Waals surface area contributed by atoms with E-state index in [1.807, 2.05) is 13.0 Å². The van der Waals surface area contributed by atoms with E-state index in [9.17, 15) is 23.1 Å². The van der Waals surface area contributed by atoms with Gasteiger partial charge in [0.05, 0.1) is 10.8 Å². The Hall–Kier alpha value is -1.89. The Morgan fingerprint density at radius 2 is 1.81 bits per heavy atom. The molecule has 1 aliphatic carbocycles. The number of piperidine rings is 1. The van der Waals surface area contributed by atoms with E-state index in [0.717, 1.165) is 5.56 Å². The van der Waals surface area contributed by atoms with Gasteiger partial charge in [-0.2, -0.15) is 0 Å². The zero-order chi connectivity index (χ0) is 19.8. The van der Waals surface area contributed by atoms with E-state index in [0.29, 0.717) is 50.6 Å². The molecule has 0 unspecified atom stereocenters. The number of likely N-dealkylation sites (tertiary alicyclic amines) is 1. The standard InChI is InChI=1S/C20H27NO5S/c1-14-7-8-15(2)17(12-14)27(25,26)20(9-3-4-10-20)19(24)21-11-5-6-16(13-21)18(22)23/h7-8,12,16H,3-6,9-11,13H2,1-2H3,(H,22,23)/t16-/m0/s1. The Morgan fingerprint density at radius 1 is 1.15 bits per heavy atom. The van der Waals surface area contributed by atoms with Crippen molar-refractivity contribution in [3.8, 4) is 0 Å². The van der Waals surface area contributed by atoms with E-state index >= 15 is 0 Å². The highest BCUT2D eigenvalue weighted by molar-refractivity contribution is 7.93. The van der Waals surface area contributed by atoms with Gasteiger partial charge in [0.25, 0.3) is 0 Å². The van der Waals surface area contributed by atoms with Crippen LogP contribution in [0.5, 0.6) is 0 Å². The van der Waals surface area contributed by atoms with Crippen molar-refractivity contribution >= 4 is 21.7 Å². The van der Waals surface area contributed by atoms with Crippen LogP contribution < -0.4 is 0 Å². The van der Waals surface area contributed by atoms with E-state index < -0.39 is 32.4 Å². The first-order chi connectivity index (χ1) is 12.7. The van der Waals surface area contributed by atoms with Crippen LogP contribution in [0, 0.1) is 19.8 Å². The number of aliphatic carboxylic acids is 1. The molecule has 1 saturated carbocycles. The van der Waals surface area contributed by atoms with E-state index in [1.165, 1.54) is 4.90 Å². The summed E-state index contributed by atoms with van der Waals surface area (Å²) in [5.74, 6) is -1.96. The van der Waals surface area contributed by atoms with Crippen LogP contribution in [-0.4, -0.2) is 48.1 Å². The Labute approximate surface area is 160 Å². The lowest BCUT2D eigenvalue weighted by atomic mass is 9.96. The van der Waals surface area contributed by atoms with Gasteiger partial charge in [0.2, 0.25) is 5.91 Å². The number of amides is 1. The molecule has 0 aromatic heterocycles. The summed E-state index contributed by atoms with van der Waals surface area (Å²) in [4.78, 5) is 26.5. The summed E-state index contributed by atoms with van der Waals surface area (Å²) in [5.41, 5.74) is 1.48. The molecule has 148 valence electrons. The molecule has 1 aromatic rings. The summed E-state index contributed by atoms with van der Waals surface area (Å²) >= 11 is 0. The van der Waals surface area contributed by atoms with Crippen LogP contribution in [0.1, 0.15) is 49.7 Å². The maximum absolute atomic E-state index is 13.7. The molecule has 0 spiro atoms. The molecule has 27 heavy (non-hydrogen) atoms. The molecule has 1 N–H and O–H groups in total. The number of carbonyl (C=O) groups excluding carboxylic acids is 1. The van der Waals surface area contributed by atoms with Crippen molar-refractivity contribution in [3.05, 3.63) is 29.3 Å². The zero-order valence-electron chi connectivity index (χ0n) is 15.9. The highest BCUT2D eigenvalue weighted by Gasteiger charge is 2.55. The molecule has 0 bridgehead atoms. The largest absolute Gasteiger partial charge is 0.481 e. The van der Waals surface area contributed by atoms with Crippen LogP contribution in [0.3, 0.4) is 0 Å². The number of aryl methyl sites for hydroxylation is 2. The highest BCUT2D eigenvalue weighted by Crippen LogP contribution is 2.43. The van der Waals surface area contributed by atoms with E-state index in [4.69, 9.17) is 0 Å². The molecule has 1 saturated heterocycles. The van der Waals surface area contributed by atoms with Gasteiger partial charge < -0.3 is 10.0 Å². The minimum atomic E-state index is -3.88. The maximum Gasteiger partial charge on any atom is 0.308 e. The molecule has 2 fully saturated rings. The van der Waals surface area contributed by atoms with Crippen molar-refractivity contribution in [2.75, 3.05) is 13.1 Å². The average molecular weight is 394 g/mol. The molecule has 0 radical (unpaired) electrons. The molecule has 1 aromatic carbocycles. The van der Waals surface area contributed by atoms with Crippen LogP contribution in [0.25, 0.3) is 0 Å². The summed E-state index contributed by atoms with van der Waals surface area (Å²) in [6, 6.07) is 5.28. The van der Waals surface area contributed by atoms with Gasteiger partial charge in [-0.3, -0.25) is 9.59 Å². The first-order valence-electron chi connectivity index (χ1n) is 9.53. The molecule has 1 heterocycles. The third-order valence-corrected chi connectivity index (χ3v) is 8.64. The normalized spacial score (nSPS) is 22.6. The van der Waals surface area contributed by atoms with Crippen molar-refractivity contribution in [2.24, 2.45) is 5.92 Å². The van der Waals surface area contributed by atoms with Gasteiger partial charge >= 0.3 is 5.97 Å². The number of hydrogen-bond acceptors (Lipinski definition) is 4. The number of sulfone groups is 1. The Balaban J connectivity index is 2.02. The maximum atomic E-state index is 13.7. The van der Waals surface area contributed by atoms with Crippen LogP contribution in [-0.2, 0) is 19.4 Å². The number of nitrogens with zero attached hydrogens (tertiary/aromatic N) is 1. The molecule has 1 atom stereocenters. The topological polar surface area (TPSA) is 91.8 Å². The zero-order valence-corrected chi connectivity index (χ0v) is 16.7. The third-order valence-electron chi connectivity index (χ3n) is 6.01. The number of carbonyl (C=O) groups is 2. The number of carboxylic acid groups (broad SMARTS) is 1. The summed E-state index contributed by atoms with van der Waals surface area (Å²) in [6.07, 6.45) is 3.09. The molecular weight excluding hydrogens is 366 g/mol. The first-order valence-corrected chi connectivity index (χ1v) is 11.0. The van der Waals surface area contributed by atoms with Crippen molar-refractivity contribution in [3.63, 3.8) is 0 Å². The van der Waals surface area contributed by atoms with Crippen molar-refractivity contribution in [1.29, 1.82) is 0 Å². The third kappa shape index (κ3) is 3.37. The van der Waals surface area contributed by atoms with E-state index in [-0.39, 0.29) is 11.4 Å². The number of rotatable bonds is 4. The molecule has 7 heteroatoms. The second kappa shape index (κ2) is 7.26. The van der Waals surface area contributed by atoms with E-state index in [1.54, 1.807) is 19.1 Å². The van der Waals surface area contributed by atoms with Gasteiger partial charge in [0, 0.05) is 13.1 Å². The van der Waals surface area contributed by atoms with Crippen LogP contribution in [0.4, 0.5) is 0 Å². The number of benzene rings is 1. The van der Waals surface area contributed by atoms with Gasteiger partial charge in [-0.15, -0.1) is 0 Å². The first kappa shape index (κ1) is 19.9. The second-order valence-corrected chi connectivity index (χ2v) is 10.1. The summed E-state index contributed by atoms with van der Waals surface area (Å²) in [5, 5.41) is 9.32. The number of hydrogen-bond donors (Lipinski definition) is 1. The van der Waals surface area contributed by atoms with Gasteiger partial charge in [-0.05, 0) is 56.7 Å². The van der Waals surface area contributed by atoms with Crippen molar-refractivity contribution < 1.29 is 23.1 Å². The summed E-state index contributed by atoms with van der Waals surface area (Å²) in [7, 11) is -3.88. The molecule has 3 rings (SSSR count). The molecule has 1 aliphatic heterocycles.